The van der Waals surface area contributed by atoms with Crippen LogP contribution in [0.25, 0.3) is 0 Å². The van der Waals surface area contributed by atoms with Gasteiger partial charge in [-0.3, -0.25) is 4.79 Å². The van der Waals surface area contributed by atoms with Gasteiger partial charge in [0.2, 0.25) is 0 Å². The van der Waals surface area contributed by atoms with E-state index in [1.807, 2.05) is 22.6 Å². The number of nitrogens with one attached hydrogen (secondary N) is 1. The maximum atomic E-state index is 13.0. The van der Waals surface area contributed by atoms with Crippen LogP contribution in [0.4, 0.5) is 18.9 Å². The van der Waals surface area contributed by atoms with Gasteiger partial charge in [-0.15, -0.1) is 0 Å². The van der Waals surface area contributed by atoms with E-state index in [-0.39, 0.29) is 21.3 Å². The number of anilines is 1. The molecule has 1 amide bonds. The number of benzene rings is 2. The third-order valence-corrected chi connectivity index (χ3v) is 3.94. The molecule has 0 aromatic heterocycles. The van der Waals surface area contributed by atoms with Crippen molar-refractivity contribution in [1.29, 1.82) is 0 Å². The molecule has 8 heteroatoms. The molecule has 2 aromatic rings. The highest BCUT2D eigenvalue weighted by Gasteiger charge is 2.34. The molecule has 0 saturated carbocycles. The number of carbonyl (C=O) groups excluding carboxylic acids is 1. The summed E-state index contributed by atoms with van der Waals surface area (Å²) >= 11 is 13.5. The van der Waals surface area contributed by atoms with Gasteiger partial charge in [-0.25, -0.2) is 0 Å². The van der Waals surface area contributed by atoms with Crippen LogP contribution in [0.5, 0.6) is 0 Å². The summed E-state index contributed by atoms with van der Waals surface area (Å²) in [5.41, 5.74) is -1.26. The molecule has 0 bridgehead atoms. The van der Waals surface area contributed by atoms with Crippen LogP contribution in [0.1, 0.15) is 15.9 Å². The first-order valence-corrected chi connectivity index (χ1v) is 7.65. The van der Waals surface area contributed by atoms with Crippen molar-refractivity contribution in [2.45, 2.75) is 6.18 Å². The molecule has 0 fully saturated rings. The van der Waals surface area contributed by atoms with Crippen molar-refractivity contribution in [3.63, 3.8) is 0 Å². The van der Waals surface area contributed by atoms with Crippen LogP contribution in [-0.4, -0.2) is 5.91 Å². The number of halogens is 6. The first kappa shape index (κ1) is 17.4. The molecule has 2 rings (SSSR count). The fraction of sp³-hybridized carbons (Fsp3) is 0.0714. The van der Waals surface area contributed by atoms with E-state index in [1.165, 1.54) is 30.3 Å². The number of alkyl halides is 3. The van der Waals surface area contributed by atoms with E-state index in [2.05, 4.69) is 5.32 Å². The quantitative estimate of drug-likeness (QED) is 0.559. The van der Waals surface area contributed by atoms with Crippen molar-refractivity contribution in [2.24, 2.45) is 0 Å². The van der Waals surface area contributed by atoms with Gasteiger partial charge < -0.3 is 5.32 Å². The van der Waals surface area contributed by atoms with Gasteiger partial charge in [0.25, 0.3) is 5.91 Å². The van der Waals surface area contributed by atoms with Crippen LogP contribution >= 0.6 is 45.8 Å². The number of hydrogen-bond donors (Lipinski definition) is 1. The molecule has 2 aromatic carbocycles. The molecule has 0 aliphatic heterocycles. The second kappa shape index (κ2) is 6.64. The minimum atomic E-state index is -4.58. The number of amides is 1. The Morgan fingerprint density at radius 1 is 1.09 bits per heavy atom. The van der Waals surface area contributed by atoms with Crippen LogP contribution < -0.4 is 5.32 Å². The smallest absolute Gasteiger partial charge is 0.321 e. The molecule has 0 spiro atoms. The molecule has 116 valence electrons. The van der Waals surface area contributed by atoms with Gasteiger partial charge in [-0.2, -0.15) is 13.2 Å². The number of rotatable bonds is 2. The van der Waals surface area contributed by atoms with E-state index in [0.29, 0.717) is 3.57 Å². The highest BCUT2D eigenvalue weighted by Crippen LogP contribution is 2.36. The summed E-state index contributed by atoms with van der Waals surface area (Å²) < 4.78 is 39.5. The lowest BCUT2D eigenvalue weighted by Crippen LogP contribution is -2.17. The average Bonchev–Trinajstić information content (AvgIpc) is 2.40. The zero-order chi connectivity index (χ0) is 16.5. The van der Waals surface area contributed by atoms with Crippen LogP contribution in [0.3, 0.4) is 0 Å². The standard InChI is InChI=1S/C14H7Cl2F3INO/c15-7-1-4-11(16)9(5-7)13(22)21-12-6-8(20)2-3-10(12)14(17,18)19/h1-6H,(H,21,22). The zero-order valence-electron chi connectivity index (χ0n) is 10.6. The lowest BCUT2D eigenvalue weighted by atomic mass is 10.1. The molecular formula is C14H7Cl2F3INO. The van der Waals surface area contributed by atoms with E-state index in [4.69, 9.17) is 23.2 Å². The molecule has 0 heterocycles. The van der Waals surface area contributed by atoms with Crippen molar-refractivity contribution in [1.82, 2.24) is 0 Å². The van der Waals surface area contributed by atoms with Gasteiger partial charge in [-0.05, 0) is 59.0 Å². The molecule has 0 radical (unpaired) electrons. The van der Waals surface area contributed by atoms with Crippen molar-refractivity contribution in [3.8, 4) is 0 Å². The third-order valence-electron chi connectivity index (χ3n) is 2.71. The summed E-state index contributed by atoms with van der Waals surface area (Å²) in [7, 11) is 0. The Kier molecular flexibility index (Phi) is 5.24. The lowest BCUT2D eigenvalue weighted by molar-refractivity contribution is -0.136. The molecule has 0 atom stereocenters. The highest BCUT2D eigenvalue weighted by atomic mass is 127. The largest absolute Gasteiger partial charge is 0.418 e. The van der Waals surface area contributed by atoms with E-state index in [0.717, 1.165) is 6.07 Å². The van der Waals surface area contributed by atoms with Crippen molar-refractivity contribution in [2.75, 3.05) is 5.32 Å². The topological polar surface area (TPSA) is 29.1 Å². The predicted octanol–water partition coefficient (Wildman–Crippen LogP) is 5.87. The second-order valence-electron chi connectivity index (χ2n) is 4.27. The first-order valence-electron chi connectivity index (χ1n) is 5.81. The molecule has 2 nitrogen and oxygen atoms in total. The normalized spacial score (nSPS) is 11.4. The van der Waals surface area contributed by atoms with E-state index in [1.54, 1.807) is 0 Å². The Labute approximate surface area is 147 Å². The highest BCUT2D eigenvalue weighted by molar-refractivity contribution is 14.1. The zero-order valence-corrected chi connectivity index (χ0v) is 14.3. The molecular weight excluding hydrogens is 453 g/mol. The van der Waals surface area contributed by atoms with E-state index >= 15 is 0 Å². The molecule has 0 aliphatic carbocycles. The van der Waals surface area contributed by atoms with Gasteiger partial charge in [0, 0.05) is 8.59 Å². The molecule has 0 saturated heterocycles. The van der Waals surface area contributed by atoms with E-state index in [9.17, 15) is 18.0 Å². The van der Waals surface area contributed by atoms with Crippen LogP contribution in [0.2, 0.25) is 10.0 Å². The minimum Gasteiger partial charge on any atom is -0.321 e. The van der Waals surface area contributed by atoms with Crippen molar-refractivity contribution in [3.05, 3.63) is 61.1 Å². The van der Waals surface area contributed by atoms with Crippen molar-refractivity contribution < 1.29 is 18.0 Å². The number of carbonyl (C=O) groups is 1. The van der Waals surface area contributed by atoms with Gasteiger partial charge >= 0.3 is 6.18 Å². The number of hydrogen-bond acceptors (Lipinski definition) is 1. The minimum absolute atomic E-state index is 0.00107. The Morgan fingerprint density at radius 3 is 2.41 bits per heavy atom. The average molecular weight is 460 g/mol. The van der Waals surface area contributed by atoms with Gasteiger partial charge in [0.15, 0.2) is 0 Å². The van der Waals surface area contributed by atoms with Gasteiger partial charge in [0.05, 0.1) is 21.8 Å². The van der Waals surface area contributed by atoms with E-state index < -0.39 is 17.6 Å². The van der Waals surface area contributed by atoms with Crippen LogP contribution in [-0.2, 0) is 6.18 Å². The Morgan fingerprint density at radius 2 is 1.77 bits per heavy atom. The summed E-state index contributed by atoms with van der Waals surface area (Å²) in [6, 6.07) is 7.63. The van der Waals surface area contributed by atoms with Crippen LogP contribution in [0.15, 0.2) is 36.4 Å². The lowest BCUT2D eigenvalue weighted by Gasteiger charge is -2.14. The Hall–Kier alpha value is -0.990. The van der Waals surface area contributed by atoms with Crippen molar-refractivity contribution >= 4 is 57.4 Å². The summed E-state index contributed by atoms with van der Waals surface area (Å²) in [5.74, 6) is -0.764. The van der Waals surface area contributed by atoms with Crippen LogP contribution in [0, 0.1) is 3.57 Å². The monoisotopic (exact) mass is 459 g/mol. The molecule has 0 unspecified atom stereocenters. The third kappa shape index (κ3) is 4.05. The van der Waals surface area contributed by atoms with Gasteiger partial charge in [-0.1, -0.05) is 23.2 Å². The fourth-order valence-electron chi connectivity index (χ4n) is 1.73. The predicted molar refractivity (Wildman–Crippen MR) is 88.6 cm³/mol. The Balaban J connectivity index is 2.40. The SMILES string of the molecule is O=C(Nc1cc(I)ccc1C(F)(F)F)c1cc(Cl)ccc1Cl. The summed E-state index contributed by atoms with van der Waals surface area (Å²) in [5, 5.41) is 2.59. The second-order valence-corrected chi connectivity index (χ2v) is 6.36. The summed E-state index contributed by atoms with van der Waals surface area (Å²) in [4.78, 5) is 12.2. The first-order chi connectivity index (χ1) is 10.2. The summed E-state index contributed by atoms with van der Waals surface area (Å²) in [6.45, 7) is 0. The molecule has 22 heavy (non-hydrogen) atoms. The fourth-order valence-corrected chi connectivity index (χ4v) is 2.59. The molecule has 0 aliphatic rings. The maximum absolute atomic E-state index is 13.0. The maximum Gasteiger partial charge on any atom is 0.418 e. The Bertz CT molecular complexity index is 735. The van der Waals surface area contributed by atoms with Gasteiger partial charge in [0.1, 0.15) is 0 Å². The molecule has 1 N–H and O–H groups in total. The summed E-state index contributed by atoms with van der Waals surface area (Å²) in [6.07, 6.45) is -4.58.